The van der Waals surface area contributed by atoms with Crippen LogP contribution in [0.5, 0.6) is 5.75 Å². The van der Waals surface area contributed by atoms with E-state index >= 15 is 0 Å². The Morgan fingerprint density at radius 1 is 1.06 bits per heavy atom. The molecule has 4 aromatic rings. The summed E-state index contributed by atoms with van der Waals surface area (Å²) < 4.78 is 57.3. The number of ether oxygens (including phenoxy) is 1. The Hall–Kier alpha value is -4.39. The number of hydrogen-bond donors (Lipinski definition) is 3. The van der Waals surface area contributed by atoms with E-state index in [-0.39, 0.29) is 23.7 Å². The molecule has 2 atom stereocenters. The van der Waals surface area contributed by atoms with Gasteiger partial charge in [-0.1, -0.05) is 52.8 Å². The van der Waals surface area contributed by atoms with E-state index in [0.717, 1.165) is 0 Å². The Labute approximate surface area is 193 Å². The second-order valence-corrected chi connectivity index (χ2v) is 7.59. The van der Waals surface area contributed by atoms with Crippen molar-refractivity contribution in [1.29, 1.82) is 0 Å². The molecule has 0 radical (unpaired) electrons. The van der Waals surface area contributed by atoms with E-state index in [9.17, 15) is 23.1 Å². The van der Waals surface area contributed by atoms with Gasteiger partial charge in [-0.05, 0) is 6.07 Å². The van der Waals surface area contributed by atoms with Crippen molar-refractivity contribution in [3.8, 4) is 40.0 Å². The summed E-state index contributed by atoms with van der Waals surface area (Å²) in [6.07, 6.45) is -7.28. The summed E-state index contributed by atoms with van der Waals surface area (Å²) >= 11 is 0. The molecule has 180 valence electrons. The zero-order valence-electron chi connectivity index (χ0n) is 17.5. The number of rotatable bonds is 4. The number of aromatic nitrogens is 3. The van der Waals surface area contributed by atoms with Crippen LogP contribution in [-0.4, -0.2) is 44.3 Å². The van der Waals surface area contributed by atoms with Crippen molar-refractivity contribution in [3.05, 3.63) is 59.7 Å². The number of fused-ring (bicyclic) bond motifs is 1. The van der Waals surface area contributed by atoms with E-state index in [1.54, 1.807) is 18.2 Å². The highest BCUT2D eigenvalue weighted by molar-refractivity contribution is 5.71. The standard InChI is InChI=1S/C22H15F3N4O6/c23-22(24,25)15-16(10-4-2-1-3-5-10)28-34-18(15)20-27-19(29-35-20)11-6-7-12-14(8-11)33-9-13(17(12)30)26-21(31)32/h1-8,13,17,26,30H,9H2,(H,31,32)/t13-,17-/m0/s1. The van der Waals surface area contributed by atoms with Gasteiger partial charge >= 0.3 is 12.3 Å². The molecule has 35 heavy (non-hydrogen) atoms. The van der Waals surface area contributed by atoms with Crippen molar-refractivity contribution in [1.82, 2.24) is 20.6 Å². The Morgan fingerprint density at radius 3 is 2.54 bits per heavy atom. The largest absolute Gasteiger partial charge is 0.491 e. The average molecular weight is 488 g/mol. The summed E-state index contributed by atoms with van der Waals surface area (Å²) in [7, 11) is 0. The van der Waals surface area contributed by atoms with E-state index < -0.39 is 47.3 Å². The number of nitrogens with one attached hydrogen (secondary N) is 1. The molecule has 0 spiro atoms. The minimum atomic E-state index is -4.81. The second kappa shape index (κ2) is 8.43. The minimum absolute atomic E-state index is 0.0579. The van der Waals surface area contributed by atoms with Crippen molar-refractivity contribution in [2.45, 2.75) is 18.3 Å². The van der Waals surface area contributed by atoms with Crippen LogP contribution in [0, 0.1) is 0 Å². The number of aliphatic hydroxyl groups excluding tert-OH is 1. The Morgan fingerprint density at radius 2 is 1.83 bits per heavy atom. The molecule has 1 aliphatic heterocycles. The number of carboxylic acid groups (broad SMARTS) is 1. The third-order valence-electron chi connectivity index (χ3n) is 5.34. The van der Waals surface area contributed by atoms with Gasteiger partial charge in [0, 0.05) is 16.7 Å². The molecular formula is C22H15F3N4O6. The number of alkyl halides is 3. The fraction of sp³-hybridized carbons (Fsp3) is 0.182. The molecule has 0 unspecified atom stereocenters. The summed E-state index contributed by atoms with van der Waals surface area (Å²) in [5.41, 5.74) is -0.700. The first-order chi connectivity index (χ1) is 16.7. The fourth-order valence-corrected chi connectivity index (χ4v) is 3.73. The summed E-state index contributed by atoms with van der Waals surface area (Å²) in [6.45, 7) is -0.128. The first kappa shape index (κ1) is 22.4. The number of halogens is 3. The third kappa shape index (κ3) is 4.17. The SMILES string of the molecule is O=C(O)N[C@H]1COc2cc(-c3noc(-c4onc(-c5ccccc5)c4C(F)(F)F)n3)ccc2[C@@H]1O. The molecule has 2 aromatic heterocycles. The number of nitrogens with zero attached hydrogens (tertiary/aromatic N) is 3. The lowest BCUT2D eigenvalue weighted by atomic mass is 9.97. The van der Waals surface area contributed by atoms with Crippen LogP contribution < -0.4 is 10.1 Å². The van der Waals surface area contributed by atoms with Crippen LogP contribution in [0.25, 0.3) is 34.3 Å². The van der Waals surface area contributed by atoms with Gasteiger partial charge in [-0.15, -0.1) is 0 Å². The van der Waals surface area contributed by atoms with Crippen molar-refractivity contribution in [2.75, 3.05) is 6.61 Å². The molecule has 5 rings (SSSR count). The van der Waals surface area contributed by atoms with E-state index in [0.29, 0.717) is 11.1 Å². The second-order valence-electron chi connectivity index (χ2n) is 7.59. The van der Waals surface area contributed by atoms with Gasteiger partial charge in [0.15, 0.2) is 0 Å². The van der Waals surface area contributed by atoms with Crippen LogP contribution in [0.2, 0.25) is 0 Å². The third-order valence-corrected chi connectivity index (χ3v) is 5.34. The van der Waals surface area contributed by atoms with E-state index in [2.05, 4.69) is 20.6 Å². The monoisotopic (exact) mass is 488 g/mol. The zero-order chi connectivity index (χ0) is 24.7. The minimum Gasteiger partial charge on any atom is -0.491 e. The van der Waals surface area contributed by atoms with E-state index in [1.165, 1.54) is 30.3 Å². The van der Waals surface area contributed by atoms with Crippen molar-refractivity contribution < 1.29 is 42.0 Å². The Bertz CT molecular complexity index is 1390. The lowest BCUT2D eigenvalue weighted by Crippen LogP contribution is -2.45. The topological polar surface area (TPSA) is 144 Å². The van der Waals surface area contributed by atoms with Crippen LogP contribution >= 0.6 is 0 Å². The number of amides is 1. The van der Waals surface area contributed by atoms with Crippen LogP contribution in [0.4, 0.5) is 18.0 Å². The lowest BCUT2D eigenvalue weighted by Gasteiger charge is -2.30. The maximum Gasteiger partial charge on any atom is 0.422 e. The van der Waals surface area contributed by atoms with Gasteiger partial charge in [0.25, 0.3) is 5.89 Å². The number of carbonyl (C=O) groups is 1. The Kier molecular flexibility index (Phi) is 5.40. The highest BCUT2D eigenvalue weighted by Gasteiger charge is 2.43. The molecule has 0 bridgehead atoms. The molecule has 3 heterocycles. The van der Waals surface area contributed by atoms with E-state index in [4.69, 9.17) is 18.9 Å². The van der Waals surface area contributed by atoms with Crippen molar-refractivity contribution >= 4 is 6.09 Å². The number of benzene rings is 2. The van der Waals surface area contributed by atoms with Gasteiger partial charge < -0.3 is 29.3 Å². The molecule has 1 amide bonds. The first-order valence-electron chi connectivity index (χ1n) is 10.1. The average Bonchev–Trinajstić information content (AvgIpc) is 3.48. The predicted octanol–water partition coefficient (Wildman–Crippen LogP) is 4.14. The lowest BCUT2D eigenvalue weighted by molar-refractivity contribution is -0.137. The number of hydrogen-bond acceptors (Lipinski definition) is 8. The molecule has 13 heteroatoms. The summed E-state index contributed by atoms with van der Waals surface area (Å²) in [4.78, 5) is 14.9. The van der Waals surface area contributed by atoms with Gasteiger partial charge in [0.05, 0.1) is 6.04 Å². The van der Waals surface area contributed by atoms with Gasteiger partial charge in [0.1, 0.15) is 29.7 Å². The van der Waals surface area contributed by atoms with Crippen molar-refractivity contribution in [3.63, 3.8) is 0 Å². The maximum atomic E-state index is 13.9. The van der Waals surface area contributed by atoms with Gasteiger partial charge in [-0.25, -0.2) is 4.79 Å². The summed E-state index contributed by atoms with van der Waals surface area (Å²) in [6, 6.07) is 11.3. The quantitative estimate of drug-likeness (QED) is 0.386. The summed E-state index contributed by atoms with van der Waals surface area (Å²) in [5, 5.41) is 28.8. The Balaban J connectivity index is 1.48. The fourth-order valence-electron chi connectivity index (χ4n) is 3.73. The molecule has 0 aliphatic carbocycles. The maximum absolute atomic E-state index is 13.9. The van der Waals surface area contributed by atoms with Gasteiger partial charge in [0.2, 0.25) is 11.6 Å². The molecule has 1 aliphatic rings. The van der Waals surface area contributed by atoms with Gasteiger partial charge in [-0.2, -0.15) is 18.2 Å². The molecule has 0 fully saturated rings. The highest BCUT2D eigenvalue weighted by atomic mass is 19.4. The predicted molar refractivity (Wildman–Crippen MR) is 111 cm³/mol. The molecule has 2 aromatic carbocycles. The van der Waals surface area contributed by atoms with E-state index in [1.807, 2.05) is 0 Å². The van der Waals surface area contributed by atoms with Crippen LogP contribution in [-0.2, 0) is 6.18 Å². The molecule has 0 saturated heterocycles. The normalized spacial score (nSPS) is 17.5. The summed E-state index contributed by atoms with van der Waals surface area (Å²) in [5.74, 6) is -1.06. The van der Waals surface area contributed by atoms with Crippen LogP contribution in [0.3, 0.4) is 0 Å². The zero-order valence-corrected chi connectivity index (χ0v) is 17.5. The van der Waals surface area contributed by atoms with Gasteiger partial charge in [-0.3, -0.25) is 0 Å². The molecule has 0 saturated carbocycles. The van der Waals surface area contributed by atoms with Crippen LogP contribution in [0.1, 0.15) is 17.2 Å². The molecule has 3 N–H and O–H groups in total. The first-order valence-corrected chi connectivity index (χ1v) is 10.1. The van der Waals surface area contributed by atoms with Crippen LogP contribution in [0.15, 0.2) is 57.6 Å². The smallest absolute Gasteiger partial charge is 0.422 e. The molecule has 10 nitrogen and oxygen atoms in total. The highest BCUT2D eigenvalue weighted by Crippen LogP contribution is 2.43. The number of aliphatic hydroxyl groups is 1. The van der Waals surface area contributed by atoms with Crippen molar-refractivity contribution in [2.24, 2.45) is 0 Å². The molecular weight excluding hydrogens is 473 g/mol.